The molecule has 1 atom stereocenters. The number of rotatable bonds is 2. The molecule has 1 aromatic rings. The summed E-state index contributed by atoms with van der Waals surface area (Å²) in [4.78, 5) is 2.14. The molecular weight excluding hydrogens is 223 g/mol. The number of halogens is 1. The highest BCUT2D eigenvalue weighted by molar-refractivity contribution is 7.99. The Kier molecular flexibility index (Phi) is 3.71. The fourth-order valence-corrected chi connectivity index (χ4v) is 3.01. The van der Waals surface area contributed by atoms with E-state index in [4.69, 9.17) is 5.73 Å². The number of hydrogen-bond donors (Lipinski definition) is 1. The number of hydrogen-bond acceptors (Lipinski definition) is 3. The molecule has 1 heterocycles. The molecule has 2 N–H and O–H groups in total. The van der Waals surface area contributed by atoms with Crippen LogP contribution in [0.25, 0.3) is 0 Å². The van der Waals surface area contributed by atoms with Crippen LogP contribution in [0.5, 0.6) is 0 Å². The van der Waals surface area contributed by atoms with Gasteiger partial charge in [0.15, 0.2) is 0 Å². The molecule has 4 heteroatoms. The molecule has 1 aromatic carbocycles. The number of benzene rings is 1. The molecular formula is C12H17FN2S. The lowest BCUT2D eigenvalue weighted by molar-refractivity contribution is 0.602. The van der Waals surface area contributed by atoms with E-state index in [0.29, 0.717) is 18.3 Å². The first-order valence-corrected chi connectivity index (χ1v) is 6.70. The molecule has 0 aliphatic carbocycles. The van der Waals surface area contributed by atoms with E-state index in [1.54, 1.807) is 6.07 Å². The van der Waals surface area contributed by atoms with E-state index in [-0.39, 0.29) is 5.82 Å². The molecule has 0 saturated carbocycles. The Hall–Kier alpha value is -0.740. The van der Waals surface area contributed by atoms with E-state index in [0.717, 1.165) is 23.6 Å². The van der Waals surface area contributed by atoms with E-state index in [1.165, 1.54) is 0 Å². The third kappa shape index (κ3) is 2.33. The van der Waals surface area contributed by atoms with Crippen molar-refractivity contribution in [2.24, 2.45) is 5.73 Å². The predicted molar refractivity (Wildman–Crippen MR) is 68.4 cm³/mol. The van der Waals surface area contributed by atoms with Crippen LogP contribution in [-0.2, 0) is 6.54 Å². The van der Waals surface area contributed by atoms with Gasteiger partial charge in [-0.05, 0) is 24.6 Å². The number of nitrogens with two attached hydrogens (primary N) is 1. The van der Waals surface area contributed by atoms with E-state index >= 15 is 0 Å². The second kappa shape index (κ2) is 5.06. The van der Waals surface area contributed by atoms with Crippen LogP contribution in [0.1, 0.15) is 12.5 Å². The summed E-state index contributed by atoms with van der Waals surface area (Å²) < 4.78 is 13.9. The molecule has 0 spiro atoms. The van der Waals surface area contributed by atoms with Gasteiger partial charge in [0.1, 0.15) is 5.82 Å². The fraction of sp³-hybridized carbons (Fsp3) is 0.500. The van der Waals surface area contributed by atoms with Gasteiger partial charge < -0.3 is 10.6 Å². The molecule has 2 rings (SSSR count). The summed E-state index contributed by atoms with van der Waals surface area (Å²) >= 11 is 1.93. The Morgan fingerprint density at radius 2 is 2.38 bits per heavy atom. The van der Waals surface area contributed by atoms with Gasteiger partial charge in [0.25, 0.3) is 0 Å². The molecule has 0 amide bonds. The Labute approximate surface area is 100 Å². The molecule has 1 unspecified atom stereocenters. The lowest BCUT2D eigenvalue weighted by Crippen LogP contribution is -2.40. The van der Waals surface area contributed by atoms with Gasteiger partial charge in [0.2, 0.25) is 0 Å². The van der Waals surface area contributed by atoms with Crippen molar-refractivity contribution in [2.45, 2.75) is 19.5 Å². The lowest BCUT2D eigenvalue weighted by atomic mass is 10.1. The summed E-state index contributed by atoms with van der Waals surface area (Å²) in [5.41, 5.74) is 7.05. The van der Waals surface area contributed by atoms with Crippen molar-refractivity contribution in [1.29, 1.82) is 0 Å². The van der Waals surface area contributed by atoms with Gasteiger partial charge in [-0.25, -0.2) is 4.39 Å². The first-order chi connectivity index (χ1) is 7.72. The van der Waals surface area contributed by atoms with Gasteiger partial charge in [0.05, 0.1) is 5.69 Å². The van der Waals surface area contributed by atoms with Crippen molar-refractivity contribution in [1.82, 2.24) is 0 Å². The topological polar surface area (TPSA) is 29.3 Å². The van der Waals surface area contributed by atoms with E-state index < -0.39 is 0 Å². The minimum absolute atomic E-state index is 0.151. The highest BCUT2D eigenvalue weighted by Crippen LogP contribution is 2.26. The van der Waals surface area contributed by atoms with Crippen molar-refractivity contribution >= 4 is 17.4 Å². The average molecular weight is 240 g/mol. The van der Waals surface area contributed by atoms with Gasteiger partial charge in [-0.3, -0.25) is 0 Å². The summed E-state index contributed by atoms with van der Waals surface area (Å²) in [5, 5.41) is 0. The molecule has 0 aromatic heterocycles. The number of anilines is 1. The second-order valence-electron chi connectivity index (χ2n) is 4.11. The molecule has 88 valence electrons. The Morgan fingerprint density at radius 1 is 1.56 bits per heavy atom. The minimum atomic E-state index is -0.151. The van der Waals surface area contributed by atoms with Gasteiger partial charge in [-0.1, -0.05) is 6.07 Å². The highest BCUT2D eigenvalue weighted by atomic mass is 32.2. The maximum absolute atomic E-state index is 13.9. The van der Waals surface area contributed by atoms with Crippen LogP contribution in [-0.4, -0.2) is 24.1 Å². The summed E-state index contributed by atoms with van der Waals surface area (Å²) in [5.74, 6) is 1.99. The zero-order valence-corrected chi connectivity index (χ0v) is 10.3. The standard InChI is InChI=1S/C12H17FN2S/c1-9-8-16-5-4-15(9)12-3-2-10(7-14)6-11(12)13/h2-3,6,9H,4-5,7-8,14H2,1H3. The van der Waals surface area contributed by atoms with Gasteiger partial charge in [-0.2, -0.15) is 11.8 Å². The zero-order valence-electron chi connectivity index (χ0n) is 9.45. The highest BCUT2D eigenvalue weighted by Gasteiger charge is 2.21. The molecule has 0 radical (unpaired) electrons. The number of nitrogens with zero attached hydrogens (tertiary/aromatic N) is 1. The summed E-state index contributed by atoms with van der Waals surface area (Å²) in [6.45, 7) is 3.45. The first-order valence-electron chi connectivity index (χ1n) is 5.55. The maximum atomic E-state index is 13.9. The number of thioether (sulfide) groups is 1. The third-order valence-electron chi connectivity index (χ3n) is 2.92. The largest absolute Gasteiger partial charge is 0.365 e. The van der Waals surface area contributed by atoms with Crippen LogP contribution in [0, 0.1) is 5.82 Å². The van der Waals surface area contributed by atoms with Gasteiger partial charge in [0, 0.05) is 30.6 Å². The lowest BCUT2D eigenvalue weighted by Gasteiger charge is -2.35. The SMILES string of the molecule is CC1CSCCN1c1ccc(CN)cc1F. The van der Waals surface area contributed by atoms with Gasteiger partial charge >= 0.3 is 0 Å². The maximum Gasteiger partial charge on any atom is 0.146 e. The van der Waals surface area contributed by atoms with Crippen molar-refractivity contribution < 1.29 is 4.39 Å². The second-order valence-corrected chi connectivity index (χ2v) is 5.26. The van der Waals surface area contributed by atoms with Crippen molar-refractivity contribution in [3.63, 3.8) is 0 Å². The van der Waals surface area contributed by atoms with Crippen molar-refractivity contribution in [3.05, 3.63) is 29.6 Å². The first kappa shape index (κ1) is 11.7. The van der Waals surface area contributed by atoms with Crippen LogP contribution < -0.4 is 10.6 Å². The summed E-state index contributed by atoms with van der Waals surface area (Å²) in [6, 6.07) is 5.71. The van der Waals surface area contributed by atoms with E-state index in [9.17, 15) is 4.39 Å². The van der Waals surface area contributed by atoms with Crippen LogP contribution >= 0.6 is 11.8 Å². The summed E-state index contributed by atoms with van der Waals surface area (Å²) in [7, 11) is 0. The normalized spacial score (nSPS) is 21.2. The molecule has 0 bridgehead atoms. The molecule has 1 aliphatic heterocycles. The van der Waals surface area contributed by atoms with Crippen LogP contribution in [0.4, 0.5) is 10.1 Å². The van der Waals surface area contributed by atoms with Crippen molar-refractivity contribution in [2.75, 3.05) is 23.0 Å². The van der Waals surface area contributed by atoms with Crippen LogP contribution in [0.3, 0.4) is 0 Å². The molecule has 1 fully saturated rings. The molecule has 1 aliphatic rings. The smallest absolute Gasteiger partial charge is 0.146 e. The van der Waals surface area contributed by atoms with E-state index in [1.807, 2.05) is 23.9 Å². The predicted octanol–water partition coefficient (Wildman–Crippen LogP) is 2.23. The van der Waals surface area contributed by atoms with E-state index in [2.05, 4.69) is 11.8 Å². The Balaban J connectivity index is 2.25. The van der Waals surface area contributed by atoms with Gasteiger partial charge in [-0.15, -0.1) is 0 Å². The fourth-order valence-electron chi connectivity index (χ4n) is 2.00. The molecule has 1 saturated heterocycles. The minimum Gasteiger partial charge on any atom is -0.365 e. The van der Waals surface area contributed by atoms with Crippen molar-refractivity contribution in [3.8, 4) is 0 Å². The van der Waals surface area contributed by atoms with Crippen LogP contribution in [0.15, 0.2) is 18.2 Å². The Morgan fingerprint density at radius 3 is 3.00 bits per heavy atom. The molecule has 16 heavy (non-hydrogen) atoms. The monoisotopic (exact) mass is 240 g/mol. The quantitative estimate of drug-likeness (QED) is 0.859. The molecule has 2 nitrogen and oxygen atoms in total. The average Bonchev–Trinajstić information content (AvgIpc) is 2.30. The Bertz CT molecular complexity index is 370. The third-order valence-corrected chi connectivity index (χ3v) is 4.11. The summed E-state index contributed by atoms with van der Waals surface area (Å²) in [6.07, 6.45) is 0. The zero-order chi connectivity index (χ0) is 11.5. The van der Waals surface area contributed by atoms with Crippen LogP contribution in [0.2, 0.25) is 0 Å².